The molecule has 2 amide bonds. The summed E-state index contributed by atoms with van der Waals surface area (Å²) in [6, 6.07) is 11.1. The van der Waals surface area contributed by atoms with E-state index in [0.29, 0.717) is 0 Å². The van der Waals surface area contributed by atoms with Gasteiger partial charge in [-0.15, -0.1) is 0 Å². The second kappa shape index (κ2) is 6.80. The normalized spacial score (nSPS) is 10.0. The van der Waals surface area contributed by atoms with Gasteiger partial charge in [-0.2, -0.15) is 0 Å². The minimum absolute atomic E-state index is 0.0836. The van der Waals surface area contributed by atoms with Crippen LogP contribution in [0.25, 0.3) is 0 Å². The van der Waals surface area contributed by atoms with Crippen LogP contribution in [0.3, 0.4) is 0 Å². The second-order valence-corrected chi connectivity index (χ2v) is 5.21. The summed E-state index contributed by atoms with van der Waals surface area (Å²) in [5.41, 5.74) is 4.82. The first-order valence-corrected chi connectivity index (χ1v) is 6.93. The Morgan fingerprint density at radius 2 is 1.24 bits per heavy atom. The van der Waals surface area contributed by atoms with Crippen LogP contribution >= 0.6 is 34.8 Å². The summed E-state index contributed by atoms with van der Waals surface area (Å²) >= 11 is 17.7. The molecule has 0 atom stereocenters. The van der Waals surface area contributed by atoms with Gasteiger partial charge in [0.25, 0.3) is 11.8 Å². The molecule has 0 aliphatic carbocycles. The number of carbonyl (C=O) groups excluding carboxylic acids is 2. The monoisotopic (exact) mass is 342 g/mol. The highest BCUT2D eigenvalue weighted by molar-refractivity contribution is 6.39. The molecule has 0 heterocycles. The van der Waals surface area contributed by atoms with Gasteiger partial charge >= 0.3 is 0 Å². The predicted octanol–water partition coefficient (Wildman–Crippen LogP) is 3.72. The van der Waals surface area contributed by atoms with Gasteiger partial charge in [-0.3, -0.25) is 20.4 Å². The molecule has 0 unspecified atom stereocenters. The van der Waals surface area contributed by atoms with E-state index in [1.54, 1.807) is 24.3 Å². The Morgan fingerprint density at radius 1 is 0.714 bits per heavy atom. The summed E-state index contributed by atoms with van der Waals surface area (Å²) in [5, 5.41) is 0.652. The number of hydrazine groups is 1. The minimum atomic E-state index is -0.619. The third-order valence-electron chi connectivity index (χ3n) is 2.60. The quantitative estimate of drug-likeness (QED) is 0.817. The van der Waals surface area contributed by atoms with Gasteiger partial charge in [-0.25, -0.2) is 0 Å². The summed E-state index contributed by atoms with van der Waals surface area (Å²) in [4.78, 5) is 23.9. The fourth-order valence-electron chi connectivity index (χ4n) is 1.60. The summed E-state index contributed by atoms with van der Waals surface area (Å²) in [5.74, 6) is -1.16. The predicted molar refractivity (Wildman–Crippen MR) is 82.8 cm³/mol. The SMILES string of the molecule is O=C(NNC(=O)c1c(Cl)cccc1Cl)c1ccccc1Cl. The van der Waals surface area contributed by atoms with E-state index in [2.05, 4.69) is 10.9 Å². The van der Waals surface area contributed by atoms with E-state index in [9.17, 15) is 9.59 Å². The van der Waals surface area contributed by atoms with Gasteiger partial charge in [0.05, 0.1) is 26.2 Å². The van der Waals surface area contributed by atoms with Crippen molar-refractivity contribution in [3.8, 4) is 0 Å². The Morgan fingerprint density at radius 3 is 1.86 bits per heavy atom. The number of halogens is 3. The number of nitrogens with one attached hydrogen (secondary N) is 2. The van der Waals surface area contributed by atoms with Crippen LogP contribution in [-0.4, -0.2) is 11.8 Å². The first-order valence-electron chi connectivity index (χ1n) is 5.80. The molecule has 0 aliphatic heterocycles. The van der Waals surface area contributed by atoms with Crippen molar-refractivity contribution in [3.05, 3.63) is 68.7 Å². The zero-order valence-electron chi connectivity index (χ0n) is 10.5. The highest BCUT2D eigenvalue weighted by Crippen LogP contribution is 2.23. The van der Waals surface area contributed by atoms with E-state index < -0.39 is 11.8 Å². The first kappa shape index (κ1) is 15.6. The molecule has 2 aromatic rings. The highest BCUT2D eigenvalue weighted by Gasteiger charge is 2.16. The van der Waals surface area contributed by atoms with Crippen LogP contribution in [0.15, 0.2) is 42.5 Å². The van der Waals surface area contributed by atoms with Gasteiger partial charge in [0.15, 0.2) is 0 Å². The Bertz CT molecular complexity index is 684. The molecule has 4 nitrogen and oxygen atoms in total. The van der Waals surface area contributed by atoms with Gasteiger partial charge < -0.3 is 0 Å². The maximum Gasteiger partial charge on any atom is 0.272 e. The lowest BCUT2D eigenvalue weighted by molar-refractivity contribution is 0.0847. The third kappa shape index (κ3) is 3.67. The molecule has 0 fully saturated rings. The van der Waals surface area contributed by atoms with Crippen LogP contribution in [0.4, 0.5) is 0 Å². The number of benzene rings is 2. The molecule has 0 saturated carbocycles. The van der Waals surface area contributed by atoms with Crippen molar-refractivity contribution in [2.24, 2.45) is 0 Å². The van der Waals surface area contributed by atoms with Crippen molar-refractivity contribution < 1.29 is 9.59 Å². The molecule has 2 aromatic carbocycles. The van der Waals surface area contributed by atoms with Gasteiger partial charge in [0.1, 0.15) is 0 Å². The highest BCUT2D eigenvalue weighted by atomic mass is 35.5. The lowest BCUT2D eigenvalue weighted by atomic mass is 10.2. The Labute approximate surface area is 136 Å². The van der Waals surface area contributed by atoms with Crippen LogP contribution in [-0.2, 0) is 0 Å². The fourth-order valence-corrected chi connectivity index (χ4v) is 2.39. The second-order valence-electron chi connectivity index (χ2n) is 3.98. The van der Waals surface area contributed by atoms with Crippen LogP contribution < -0.4 is 10.9 Å². The first-order chi connectivity index (χ1) is 10.0. The molecule has 0 saturated heterocycles. The molecule has 0 radical (unpaired) electrons. The van der Waals surface area contributed by atoms with Crippen LogP contribution in [0.2, 0.25) is 15.1 Å². The Kier molecular flexibility index (Phi) is 5.07. The molecule has 21 heavy (non-hydrogen) atoms. The van der Waals surface area contributed by atoms with Crippen molar-refractivity contribution in [2.75, 3.05) is 0 Å². The lowest BCUT2D eigenvalue weighted by Crippen LogP contribution is -2.41. The molecule has 7 heteroatoms. The third-order valence-corrected chi connectivity index (χ3v) is 3.56. The number of hydrogen-bond donors (Lipinski definition) is 2. The van der Waals surface area contributed by atoms with Crippen molar-refractivity contribution in [3.63, 3.8) is 0 Å². The molecule has 0 spiro atoms. The summed E-state index contributed by atoms with van der Waals surface area (Å²) < 4.78 is 0. The van der Waals surface area contributed by atoms with Crippen molar-refractivity contribution >= 4 is 46.6 Å². The van der Waals surface area contributed by atoms with Crippen molar-refractivity contribution in [1.29, 1.82) is 0 Å². The molecular formula is C14H9Cl3N2O2. The molecule has 2 rings (SSSR count). The maximum atomic E-state index is 12.0. The smallest absolute Gasteiger partial charge is 0.267 e. The molecule has 108 valence electrons. The van der Waals surface area contributed by atoms with Crippen molar-refractivity contribution in [1.82, 2.24) is 10.9 Å². The topological polar surface area (TPSA) is 58.2 Å². The van der Waals surface area contributed by atoms with Crippen LogP contribution in [0.1, 0.15) is 20.7 Å². The van der Waals surface area contributed by atoms with Crippen LogP contribution in [0, 0.1) is 0 Å². The molecule has 0 bridgehead atoms. The summed E-state index contributed by atoms with van der Waals surface area (Å²) in [7, 11) is 0. The molecule has 0 aromatic heterocycles. The average molecular weight is 344 g/mol. The Balaban J connectivity index is 2.08. The van der Waals surface area contributed by atoms with E-state index in [1.165, 1.54) is 18.2 Å². The lowest BCUT2D eigenvalue weighted by Gasteiger charge is -2.10. The molecule has 0 aliphatic rings. The van der Waals surface area contributed by atoms with Gasteiger partial charge in [0.2, 0.25) is 0 Å². The number of rotatable bonds is 2. The number of carbonyl (C=O) groups is 2. The zero-order valence-corrected chi connectivity index (χ0v) is 12.8. The van der Waals surface area contributed by atoms with E-state index in [1.807, 2.05) is 0 Å². The van der Waals surface area contributed by atoms with Crippen molar-refractivity contribution in [2.45, 2.75) is 0 Å². The Hall–Kier alpha value is -1.75. The van der Waals surface area contributed by atoms with Gasteiger partial charge in [0, 0.05) is 0 Å². The van der Waals surface area contributed by atoms with E-state index in [-0.39, 0.29) is 26.2 Å². The number of amides is 2. The fraction of sp³-hybridized carbons (Fsp3) is 0. The van der Waals surface area contributed by atoms with Gasteiger partial charge in [-0.1, -0.05) is 53.0 Å². The average Bonchev–Trinajstić information content (AvgIpc) is 2.45. The largest absolute Gasteiger partial charge is 0.272 e. The van der Waals surface area contributed by atoms with E-state index in [4.69, 9.17) is 34.8 Å². The standard InChI is InChI=1S/C14H9Cl3N2O2/c15-9-5-2-1-4-8(9)13(20)18-19-14(21)12-10(16)6-3-7-11(12)17/h1-7H,(H,18,20)(H,19,21). The number of hydrogen-bond acceptors (Lipinski definition) is 2. The van der Waals surface area contributed by atoms with E-state index >= 15 is 0 Å². The summed E-state index contributed by atoms with van der Waals surface area (Å²) in [6.45, 7) is 0. The zero-order chi connectivity index (χ0) is 15.4. The van der Waals surface area contributed by atoms with Crippen LogP contribution in [0.5, 0.6) is 0 Å². The molecule has 2 N–H and O–H groups in total. The van der Waals surface area contributed by atoms with Gasteiger partial charge in [-0.05, 0) is 24.3 Å². The molecular weight excluding hydrogens is 335 g/mol. The summed E-state index contributed by atoms with van der Waals surface area (Å²) in [6.07, 6.45) is 0. The van der Waals surface area contributed by atoms with E-state index in [0.717, 1.165) is 0 Å². The minimum Gasteiger partial charge on any atom is -0.267 e. The maximum absolute atomic E-state index is 12.0.